The van der Waals surface area contributed by atoms with Gasteiger partial charge in [-0.25, -0.2) is 4.39 Å². The van der Waals surface area contributed by atoms with Crippen molar-refractivity contribution in [2.75, 3.05) is 7.11 Å². The fourth-order valence-corrected chi connectivity index (χ4v) is 1.88. The van der Waals surface area contributed by atoms with Gasteiger partial charge in [-0.15, -0.1) is 0 Å². The molecule has 0 saturated heterocycles. The Labute approximate surface area is 89.2 Å². The van der Waals surface area contributed by atoms with E-state index in [0.29, 0.717) is 17.0 Å². The number of benzene rings is 1. The summed E-state index contributed by atoms with van der Waals surface area (Å²) in [7, 11) is 1.50. The number of ether oxygens (including phenoxy) is 1. The fraction of sp³-hybridized carbons (Fsp3) is 0.100. The quantitative estimate of drug-likeness (QED) is 0.851. The molecule has 1 aromatic carbocycles. The lowest BCUT2D eigenvalue weighted by Crippen LogP contribution is -1.94. The second-order valence-electron chi connectivity index (χ2n) is 2.91. The zero-order valence-corrected chi connectivity index (χ0v) is 8.73. The summed E-state index contributed by atoms with van der Waals surface area (Å²) in [4.78, 5) is 13.4. The highest BCUT2D eigenvalue weighted by Gasteiger charge is 2.08. The van der Waals surface area contributed by atoms with Crippen LogP contribution in [0.25, 0.3) is 11.3 Å². The predicted molar refractivity (Wildman–Crippen MR) is 56.9 cm³/mol. The number of aromatic amines is 1. The molecule has 0 bridgehead atoms. The Morgan fingerprint density at radius 1 is 1.47 bits per heavy atom. The van der Waals surface area contributed by atoms with Gasteiger partial charge in [0.25, 0.3) is 0 Å². The van der Waals surface area contributed by atoms with Crippen LogP contribution in [0.3, 0.4) is 0 Å². The molecule has 3 nitrogen and oxygen atoms in total. The Morgan fingerprint density at radius 3 is 2.87 bits per heavy atom. The van der Waals surface area contributed by atoms with Crippen LogP contribution >= 0.6 is 11.3 Å². The third-order valence-corrected chi connectivity index (χ3v) is 2.64. The molecular weight excluding hydrogens is 217 g/mol. The van der Waals surface area contributed by atoms with Gasteiger partial charge in [0.05, 0.1) is 12.8 Å². The predicted octanol–water partition coefficient (Wildman–Crippen LogP) is 2.25. The number of hydrogen-bond acceptors (Lipinski definition) is 3. The van der Waals surface area contributed by atoms with E-state index < -0.39 is 0 Å². The van der Waals surface area contributed by atoms with E-state index in [0.717, 1.165) is 11.3 Å². The normalized spacial score (nSPS) is 10.3. The van der Waals surface area contributed by atoms with Crippen molar-refractivity contribution >= 4 is 11.3 Å². The maximum absolute atomic E-state index is 13.0. The Morgan fingerprint density at radius 2 is 2.27 bits per heavy atom. The number of aromatic nitrogens is 1. The average molecular weight is 225 g/mol. The topological polar surface area (TPSA) is 42.1 Å². The Kier molecular flexibility index (Phi) is 2.55. The molecule has 0 fully saturated rings. The van der Waals surface area contributed by atoms with E-state index in [1.807, 2.05) is 0 Å². The number of nitrogens with one attached hydrogen (secondary N) is 1. The van der Waals surface area contributed by atoms with Crippen LogP contribution in [0.4, 0.5) is 4.39 Å². The van der Waals surface area contributed by atoms with Gasteiger partial charge in [-0.05, 0) is 18.2 Å². The van der Waals surface area contributed by atoms with Crippen molar-refractivity contribution < 1.29 is 9.13 Å². The minimum Gasteiger partial charge on any atom is -0.496 e. The first-order valence-electron chi connectivity index (χ1n) is 4.22. The van der Waals surface area contributed by atoms with Gasteiger partial charge in [0.2, 0.25) is 0 Å². The summed E-state index contributed by atoms with van der Waals surface area (Å²) in [6.07, 6.45) is 0. The van der Waals surface area contributed by atoms with Crippen molar-refractivity contribution in [3.63, 3.8) is 0 Å². The molecule has 0 spiro atoms. The monoisotopic (exact) mass is 225 g/mol. The first kappa shape index (κ1) is 9.92. The van der Waals surface area contributed by atoms with Gasteiger partial charge in [0.15, 0.2) is 0 Å². The molecule has 0 saturated carbocycles. The lowest BCUT2D eigenvalue weighted by atomic mass is 10.1. The highest BCUT2D eigenvalue weighted by Crippen LogP contribution is 2.29. The van der Waals surface area contributed by atoms with Gasteiger partial charge in [-0.3, -0.25) is 4.79 Å². The van der Waals surface area contributed by atoms with Crippen molar-refractivity contribution in [2.45, 2.75) is 0 Å². The number of H-pyrrole nitrogens is 1. The van der Waals surface area contributed by atoms with Crippen molar-refractivity contribution in [3.8, 4) is 17.0 Å². The first-order valence-corrected chi connectivity index (χ1v) is 5.10. The van der Waals surface area contributed by atoms with Crippen LogP contribution in [-0.4, -0.2) is 12.1 Å². The second-order valence-corrected chi connectivity index (χ2v) is 3.75. The largest absolute Gasteiger partial charge is 0.496 e. The molecule has 2 aromatic rings. The molecule has 0 radical (unpaired) electrons. The Balaban J connectivity index is 2.59. The summed E-state index contributed by atoms with van der Waals surface area (Å²) < 4.78 is 18.1. The maximum atomic E-state index is 13.0. The van der Waals surface area contributed by atoms with E-state index >= 15 is 0 Å². The molecule has 1 N–H and O–H groups in total. The molecule has 0 aliphatic heterocycles. The van der Waals surface area contributed by atoms with Crippen LogP contribution in [-0.2, 0) is 0 Å². The molecule has 0 aliphatic rings. The number of methoxy groups -OCH3 is 1. The van der Waals surface area contributed by atoms with Gasteiger partial charge in [-0.2, -0.15) is 0 Å². The summed E-state index contributed by atoms with van der Waals surface area (Å²) in [6, 6.07) is 4.17. The number of halogens is 1. The van der Waals surface area contributed by atoms with Crippen LogP contribution < -0.4 is 9.61 Å². The molecule has 0 unspecified atom stereocenters. The zero-order valence-electron chi connectivity index (χ0n) is 7.91. The fourth-order valence-electron chi connectivity index (χ4n) is 1.30. The molecule has 78 valence electrons. The van der Waals surface area contributed by atoms with E-state index in [2.05, 4.69) is 4.98 Å². The van der Waals surface area contributed by atoms with Gasteiger partial charge in [-0.1, -0.05) is 11.3 Å². The van der Waals surface area contributed by atoms with E-state index in [-0.39, 0.29) is 10.7 Å². The van der Waals surface area contributed by atoms with Crippen molar-refractivity contribution in [3.05, 3.63) is 39.1 Å². The highest BCUT2D eigenvalue weighted by molar-refractivity contribution is 7.07. The number of thiazole rings is 1. The van der Waals surface area contributed by atoms with Gasteiger partial charge < -0.3 is 9.72 Å². The molecule has 0 aliphatic carbocycles. The van der Waals surface area contributed by atoms with Gasteiger partial charge >= 0.3 is 4.87 Å². The number of hydrogen-bond donors (Lipinski definition) is 1. The summed E-state index contributed by atoms with van der Waals surface area (Å²) in [6.45, 7) is 0. The Bertz CT molecular complexity index is 532. The lowest BCUT2D eigenvalue weighted by molar-refractivity contribution is 0.415. The smallest absolute Gasteiger partial charge is 0.304 e. The average Bonchev–Trinajstić information content (AvgIpc) is 2.65. The van der Waals surface area contributed by atoms with E-state index in [1.54, 1.807) is 5.38 Å². The van der Waals surface area contributed by atoms with Crippen LogP contribution in [0.5, 0.6) is 5.75 Å². The van der Waals surface area contributed by atoms with E-state index in [1.165, 1.54) is 25.3 Å². The summed E-state index contributed by atoms with van der Waals surface area (Å²) in [5.74, 6) is 0.170. The summed E-state index contributed by atoms with van der Waals surface area (Å²) >= 11 is 1.04. The SMILES string of the molecule is COc1ccc(F)cc1-c1csc(=O)[nH]1. The third kappa shape index (κ3) is 1.92. The molecule has 0 amide bonds. The van der Waals surface area contributed by atoms with Gasteiger partial charge in [0.1, 0.15) is 11.6 Å². The molecule has 1 aromatic heterocycles. The molecule has 15 heavy (non-hydrogen) atoms. The van der Waals surface area contributed by atoms with E-state index in [9.17, 15) is 9.18 Å². The second kappa shape index (κ2) is 3.86. The summed E-state index contributed by atoms with van der Waals surface area (Å²) in [5.41, 5.74) is 1.12. The number of rotatable bonds is 2. The van der Waals surface area contributed by atoms with Crippen LogP contribution in [0.15, 0.2) is 28.4 Å². The molecule has 0 atom stereocenters. The minimum atomic E-state index is -0.363. The maximum Gasteiger partial charge on any atom is 0.304 e. The van der Waals surface area contributed by atoms with Gasteiger partial charge in [0, 0.05) is 10.9 Å². The minimum absolute atomic E-state index is 0.170. The Hall–Kier alpha value is -1.62. The standard InChI is InChI=1S/C10H8FNO2S/c1-14-9-3-2-6(11)4-7(9)8-5-15-10(13)12-8/h2-5H,1H3,(H,12,13). The van der Waals surface area contributed by atoms with E-state index in [4.69, 9.17) is 4.74 Å². The van der Waals surface area contributed by atoms with Crippen LogP contribution in [0, 0.1) is 5.82 Å². The first-order chi connectivity index (χ1) is 7.20. The van der Waals surface area contributed by atoms with Crippen molar-refractivity contribution in [2.24, 2.45) is 0 Å². The molecular formula is C10H8FNO2S. The van der Waals surface area contributed by atoms with Crippen LogP contribution in [0.1, 0.15) is 0 Å². The third-order valence-electron chi connectivity index (χ3n) is 1.97. The lowest BCUT2D eigenvalue weighted by Gasteiger charge is -2.05. The molecule has 5 heteroatoms. The van der Waals surface area contributed by atoms with Crippen molar-refractivity contribution in [1.29, 1.82) is 0 Å². The highest BCUT2D eigenvalue weighted by atomic mass is 32.1. The molecule has 1 heterocycles. The zero-order chi connectivity index (χ0) is 10.8. The van der Waals surface area contributed by atoms with Crippen molar-refractivity contribution in [1.82, 2.24) is 4.98 Å². The molecule has 2 rings (SSSR count). The summed E-state index contributed by atoms with van der Waals surface area (Å²) in [5, 5.41) is 1.64. The van der Waals surface area contributed by atoms with Crippen LogP contribution in [0.2, 0.25) is 0 Å².